The van der Waals surface area contributed by atoms with Crippen LogP contribution in [0.1, 0.15) is 68.9 Å². The molecule has 2 aromatic rings. The van der Waals surface area contributed by atoms with Crippen LogP contribution in [0.5, 0.6) is 0 Å². The minimum absolute atomic E-state index is 0.0275. The molecule has 1 fully saturated rings. The molecule has 7 heteroatoms. The first kappa shape index (κ1) is 24.8. The van der Waals surface area contributed by atoms with Gasteiger partial charge in [0.05, 0.1) is 5.92 Å². The van der Waals surface area contributed by atoms with Crippen molar-refractivity contribution in [3.63, 3.8) is 0 Å². The van der Waals surface area contributed by atoms with Crippen molar-refractivity contribution in [2.75, 3.05) is 6.61 Å². The molecular weight excluding hydrogens is 444 g/mol. The van der Waals surface area contributed by atoms with Crippen LogP contribution in [-0.2, 0) is 14.3 Å². The second-order valence-corrected chi connectivity index (χ2v) is 9.56. The van der Waals surface area contributed by atoms with Crippen LogP contribution >= 0.6 is 0 Å². The van der Waals surface area contributed by atoms with Gasteiger partial charge in [0.2, 0.25) is 5.91 Å². The van der Waals surface area contributed by atoms with Gasteiger partial charge in [0.1, 0.15) is 6.61 Å². The van der Waals surface area contributed by atoms with Crippen LogP contribution in [0.2, 0.25) is 0 Å². The van der Waals surface area contributed by atoms with Crippen LogP contribution in [0.3, 0.4) is 0 Å². The van der Waals surface area contributed by atoms with Gasteiger partial charge >= 0.3 is 12.1 Å². The zero-order chi connectivity index (χ0) is 24.8. The Morgan fingerprint density at radius 2 is 1.63 bits per heavy atom. The Labute approximate surface area is 206 Å². The summed E-state index contributed by atoms with van der Waals surface area (Å²) >= 11 is 0. The van der Waals surface area contributed by atoms with Crippen molar-refractivity contribution in [1.82, 2.24) is 10.6 Å². The fourth-order valence-corrected chi connectivity index (χ4v) is 5.47. The molecule has 2 aliphatic rings. The van der Waals surface area contributed by atoms with Crippen LogP contribution in [-0.4, -0.2) is 41.8 Å². The third kappa shape index (κ3) is 5.84. The molecule has 2 aliphatic carbocycles. The first-order chi connectivity index (χ1) is 17.0. The molecule has 35 heavy (non-hydrogen) atoms. The summed E-state index contributed by atoms with van der Waals surface area (Å²) in [5, 5.41) is 15.2. The molecule has 0 bridgehead atoms. The van der Waals surface area contributed by atoms with Gasteiger partial charge in [-0.2, -0.15) is 0 Å². The van der Waals surface area contributed by atoms with Gasteiger partial charge in [0, 0.05) is 24.4 Å². The quantitative estimate of drug-likeness (QED) is 0.478. The summed E-state index contributed by atoms with van der Waals surface area (Å²) in [6.07, 6.45) is 4.00. The third-order valence-corrected chi connectivity index (χ3v) is 7.16. The van der Waals surface area contributed by atoms with Gasteiger partial charge in [0.25, 0.3) is 0 Å². The number of carboxylic acids is 1. The predicted molar refractivity (Wildman–Crippen MR) is 133 cm³/mol. The molecular formula is C28H34N2O5. The standard InChI is InChI=1S/C28H34N2O5/c1-2-9-18(16-26(31)30-25-15-8-7-14-23(25)27(32)33)29-28(34)35-17-24-21-12-5-3-10-19(21)20-11-4-6-13-22(20)24/h3-6,10-13,18,23-25H,2,7-9,14-17H2,1H3,(H,29,34)(H,30,31)(H,32,33)/t18?,23-,25+/m1/s1. The van der Waals surface area contributed by atoms with E-state index in [9.17, 15) is 19.5 Å². The Balaban J connectivity index is 1.33. The van der Waals surface area contributed by atoms with E-state index in [-0.39, 0.29) is 36.9 Å². The average molecular weight is 479 g/mol. The third-order valence-electron chi connectivity index (χ3n) is 7.16. The summed E-state index contributed by atoms with van der Waals surface area (Å²) < 4.78 is 5.64. The summed E-state index contributed by atoms with van der Waals surface area (Å²) in [6, 6.07) is 15.6. The molecule has 0 saturated heterocycles. The molecule has 0 heterocycles. The zero-order valence-corrected chi connectivity index (χ0v) is 20.2. The highest BCUT2D eigenvalue weighted by molar-refractivity contribution is 5.80. The number of rotatable bonds is 9. The van der Waals surface area contributed by atoms with Crippen molar-refractivity contribution < 1.29 is 24.2 Å². The number of aliphatic carboxylic acids is 1. The van der Waals surface area contributed by atoms with Gasteiger partial charge in [-0.05, 0) is 41.5 Å². The average Bonchev–Trinajstić information content (AvgIpc) is 3.17. The summed E-state index contributed by atoms with van der Waals surface area (Å²) in [7, 11) is 0. The summed E-state index contributed by atoms with van der Waals surface area (Å²) in [5.74, 6) is -1.68. The number of fused-ring (bicyclic) bond motifs is 3. The van der Waals surface area contributed by atoms with Gasteiger partial charge in [-0.15, -0.1) is 0 Å². The molecule has 0 spiro atoms. The monoisotopic (exact) mass is 478 g/mol. The topological polar surface area (TPSA) is 105 Å². The lowest BCUT2D eigenvalue weighted by atomic mass is 9.84. The zero-order valence-electron chi connectivity index (χ0n) is 20.2. The van der Waals surface area contributed by atoms with E-state index in [1.165, 1.54) is 11.1 Å². The van der Waals surface area contributed by atoms with Gasteiger partial charge in [0.15, 0.2) is 0 Å². The molecule has 1 saturated carbocycles. The molecule has 3 N–H and O–H groups in total. The lowest BCUT2D eigenvalue weighted by Crippen LogP contribution is -2.47. The van der Waals surface area contributed by atoms with E-state index in [4.69, 9.17) is 4.74 Å². The van der Waals surface area contributed by atoms with Gasteiger partial charge in [-0.1, -0.05) is 74.7 Å². The number of benzene rings is 2. The van der Waals surface area contributed by atoms with E-state index in [2.05, 4.69) is 34.9 Å². The highest BCUT2D eigenvalue weighted by Gasteiger charge is 2.33. The number of amides is 2. The van der Waals surface area contributed by atoms with Crippen molar-refractivity contribution in [2.45, 2.75) is 69.9 Å². The van der Waals surface area contributed by atoms with Crippen LogP contribution in [0.4, 0.5) is 4.79 Å². The first-order valence-electron chi connectivity index (χ1n) is 12.6. The van der Waals surface area contributed by atoms with Gasteiger partial charge < -0.3 is 20.5 Å². The molecule has 0 aromatic heterocycles. The number of alkyl carbamates (subject to hydrolysis) is 1. The van der Waals surface area contributed by atoms with Gasteiger partial charge in [-0.25, -0.2) is 4.79 Å². The number of ether oxygens (including phenoxy) is 1. The van der Waals surface area contributed by atoms with E-state index in [0.29, 0.717) is 19.3 Å². The number of carboxylic acid groups (broad SMARTS) is 1. The van der Waals surface area contributed by atoms with Crippen molar-refractivity contribution in [1.29, 1.82) is 0 Å². The molecule has 2 amide bonds. The summed E-state index contributed by atoms with van der Waals surface area (Å²) in [4.78, 5) is 36.9. The van der Waals surface area contributed by atoms with Crippen LogP contribution in [0.25, 0.3) is 11.1 Å². The van der Waals surface area contributed by atoms with E-state index in [1.807, 2.05) is 31.2 Å². The van der Waals surface area contributed by atoms with Crippen molar-refractivity contribution >= 4 is 18.0 Å². The normalized spacial score (nSPS) is 19.8. The van der Waals surface area contributed by atoms with Crippen molar-refractivity contribution in [3.05, 3.63) is 59.7 Å². The Kier molecular flexibility index (Phi) is 8.06. The van der Waals surface area contributed by atoms with Crippen molar-refractivity contribution in [3.8, 4) is 11.1 Å². The molecule has 3 atom stereocenters. The largest absolute Gasteiger partial charge is 0.481 e. The second kappa shape index (κ2) is 11.4. The second-order valence-electron chi connectivity index (χ2n) is 9.56. The number of carbonyl (C=O) groups excluding carboxylic acids is 2. The highest BCUT2D eigenvalue weighted by atomic mass is 16.5. The maximum Gasteiger partial charge on any atom is 0.407 e. The molecule has 0 aliphatic heterocycles. The Morgan fingerprint density at radius 3 is 2.26 bits per heavy atom. The van der Waals surface area contributed by atoms with E-state index >= 15 is 0 Å². The number of hydrogen-bond acceptors (Lipinski definition) is 4. The lowest BCUT2D eigenvalue weighted by Gasteiger charge is -2.30. The Hall–Kier alpha value is -3.35. The first-order valence-corrected chi connectivity index (χ1v) is 12.6. The minimum atomic E-state index is -0.864. The molecule has 0 radical (unpaired) electrons. The Bertz CT molecular complexity index is 1020. The van der Waals surface area contributed by atoms with Crippen LogP contribution in [0.15, 0.2) is 48.5 Å². The molecule has 7 nitrogen and oxygen atoms in total. The van der Waals surface area contributed by atoms with E-state index in [1.54, 1.807) is 0 Å². The predicted octanol–water partition coefficient (Wildman–Crippen LogP) is 4.84. The van der Waals surface area contributed by atoms with Crippen molar-refractivity contribution in [2.24, 2.45) is 5.92 Å². The number of carbonyl (C=O) groups is 3. The van der Waals surface area contributed by atoms with Crippen LogP contribution in [0, 0.1) is 5.92 Å². The fraction of sp³-hybridized carbons (Fsp3) is 0.464. The fourth-order valence-electron chi connectivity index (χ4n) is 5.47. The number of hydrogen-bond donors (Lipinski definition) is 3. The molecule has 4 rings (SSSR count). The maximum absolute atomic E-state index is 12.7. The highest BCUT2D eigenvalue weighted by Crippen LogP contribution is 2.44. The molecule has 186 valence electrons. The van der Waals surface area contributed by atoms with E-state index < -0.39 is 18.0 Å². The summed E-state index contributed by atoms with van der Waals surface area (Å²) in [5.41, 5.74) is 4.62. The SMILES string of the molecule is CCCC(CC(=O)N[C@H]1CCCC[C@H]1C(=O)O)NC(=O)OCC1c2ccccc2-c2ccccc21. The van der Waals surface area contributed by atoms with Gasteiger partial charge in [-0.3, -0.25) is 9.59 Å². The minimum Gasteiger partial charge on any atom is -0.481 e. The maximum atomic E-state index is 12.7. The van der Waals surface area contributed by atoms with Crippen LogP contribution < -0.4 is 10.6 Å². The lowest BCUT2D eigenvalue weighted by molar-refractivity contribution is -0.144. The molecule has 2 aromatic carbocycles. The van der Waals surface area contributed by atoms with E-state index in [0.717, 1.165) is 30.4 Å². The smallest absolute Gasteiger partial charge is 0.407 e. The number of nitrogens with one attached hydrogen (secondary N) is 2. The summed E-state index contributed by atoms with van der Waals surface area (Å²) in [6.45, 7) is 2.21. The Morgan fingerprint density at radius 1 is 1.00 bits per heavy atom. The molecule has 1 unspecified atom stereocenters.